The van der Waals surface area contributed by atoms with E-state index in [4.69, 9.17) is 16.7 Å². The maximum absolute atomic E-state index is 11.9. The van der Waals surface area contributed by atoms with Crippen LogP contribution in [0.1, 0.15) is 55.3 Å². The summed E-state index contributed by atoms with van der Waals surface area (Å²) >= 11 is 5.86. The molecule has 142 valence electrons. The van der Waals surface area contributed by atoms with Crippen LogP contribution in [0.15, 0.2) is 18.2 Å². The largest absolute Gasteiger partial charge is 0.478 e. The van der Waals surface area contributed by atoms with Crippen molar-refractivity contribution in [3.8, 4) is 0 Å². The van der Waals surface area contributed by atoms with Crippen molar-refractivity contribution in [3.05, 3.63) is 28.8 Å². The van der Waals surface area contributed by atoms with Gasteiger partial charge >= 0.3 is 12.0 Å². The first-order valence-corrected chi connectivity index (χ1v) is 9.20. The van der Waals surface area contributed by atoms with E-state index in [2.05, 4.69) is 16.0 Å². The lowest BCUT2D eigenvalue weighted by Crippen LogP contribution is -2.43. The van der Waals surface area contributed by atoms with E-state index in [1.54, 1.807) is 0 Å². The molecule has 8 heteroatoms. The van der Waals surface area contributed by atoms with E-state index in [0.29, 0.717) is 18.7 Å². The molecule has 0 radical (unpaired) electrons. The van der Waals surface area contributed by atoms with E-state index in [1.807, 2.05) is 0 Å². The topological polar surface area (TPSA) is 108 Å². The van der Waals surface area contributed by atoms with Crippen LogP contribution in [0, 0.1) is 0 Å². The number of hydrogen-bond acceptors (Lipinski definition) is 3. The number of carboxylic acid groups (broad SMARTS) is 1. The number of aromatic carboxylic acids is 1. The summed E-state index contributed by atoms with van der Waals surface area (Å²) in [5.41, 5.74) is 0.422. The Morgan fingerprint density at radius 3 is 2.54 bits per heavy atom. The average Bonchev–Trinajstić information content (AvgIpc) is 2.59. The fraction of sp³-hybridized carbons (Fsp3) is 0.500. The molecule has 1 saturated carbocycles. The van der Waals surface area contributed by atoms with Crippen LogP contribution in [0.5, 0.6) is 0 Å². The summed E-state index contributed by atoms with van der Waals surface area (Å²) in [5.74, 6) is -1.34. The SMILES string of the molecule is O=C(CCCNC(=O)NC1CCCCC1)Nc1ccc(C(=O)O)c(Cl)c1. The van der Waals surface area contributed by atoms with Gasteiger partial charge in [-0.25, -0.2) is 9.59 Å². The molecule has 0 spiro atoms. The zero-order valence-corrected chi connectivity index (χ0v) is 15.3. The molecule has 26 heavy (non-hydrogen) atoms. The minimum atomic E-state index is -1.12. The number of anilines is 1. The number of amides is 3. The summed E-state index contributed by atoms with van der Waals surface area (Å²) < 4.78 is 0. The van der Waals surface area contributed by atoms with Crippen LogP contribution in [-0.2, 0) is 4.79 Å². The van der Waals surface area contributed by atoms with Gasteiger partial charge in [0.25, 0.3) is 0 Å². The van der Waals surface area contributed by atoms with Crippen LogP contribution in [0.3, 0.4) is 0 Å². The fourth-order valence-electron chi connectivity index (χ4n) is 2.92. The van der Waals surface area contributed by atoms with E-state index in [-0.39, 0.29) is 35.0 Å². The van der Waals surface area contributed by atoms with E-state index in [9.17, 15) is 14.4 Å². The first-order valence-electron chi connectivity index (χ1n) is 8.83. The van der Waals surface area contributed by atoms with Crippen LogP contribution in [-0.4, -0.2) is 35.6 Å². The second-order valence-corrected chi connectivity index (χ2v) is 6.79. The Hall–Kier alpha value is -2.28. The second kappa shape index (κ2) is 10.0. The van der Waals surface area contributed by atoms with Gasteiger partial charge in [0.05, 0.1) is 10.6 Å². The van der Waals surface area contributed by atoms with Crippen LogP contribution in [0.4, 0.5) is 10.5 Å². The summed E-state index contributed by atoms with van der Waals surface area (Å²) in [7, 11) is 0. The Labute approximate surface area is 157 Å². The predicted octanol–water partition coefficient (Wildman–Crippen LogP) is 3.39. The van der Waals surface area contributed by atoms with E-state index in [0.717, 1.165) is 25.7 Å². The van der Waals surface area contributed by atoms with Crippen LogP contribution in [0.2, 0.25) is 5.02 Å². The molecule has 0 aromatic heterocycles. The maximum Gasteiger partial charge on any atom is 0.337 e. The molecule has 1 fully saturated rings. The molecule has 1 aromatic carbocycles. The van der Waals surface area contributed by atoms with E-state index >= 15 is 0 Å². The van der Waals surface area contributed by atoms with Gasteiger partial charge in [-0.2, -0.15) is 0 Å². The van der Waals surface area contributed by atoms with Gasteiger partial charge < -0.3 is 21.1 Å². The Bertz CT molecular complexity index is 660. The molecule has 0 bridgehead atoms. The van der Waals surface area contributed by atoms with Gasteiger partial charge in [-0.3, -0.25) is 4.79 Å². The Balaban J connectivity index is 1.65. The Kier molecular flexibility index (Phi) is 7.72. The number of carbonyl (C=O) groups is 3. The maximum atomic E-state index is 11.9. The normalized spacial score (nSPS) is 14.5. The number of urea groups is 1. The van der Waals surface area contributed by atoms with Crippen molar-refractivity contribution in [3.63, 3.8) is 0 Å². The van der Waals surface area contributed by atoms with Crippen molar-refractivity contribution in [2.24, 2.45) is 0 Å². The summed E-state index contributed by atoms with van der Waals surface area (Å²) in [4.78, 5) is 34.6. The zero-order chi connectivity index (χ0) is 18.9. The van der Waals surface area contributed by atoms with Crippen molar-refractivity contribution in [2.75, 3.05) is 11.9 Å². The summed E-state index contributed by atoms with van der Waals surface area (Å²) in [6, 6.07) is 4.30. The van der Waals surface area contributed by atoms with Gasteiger partial charge in [0.2, 0.25) is 5.91 Å². The first-order chi connectivity index (χ1) is 12.5. The van der Waals surface area contributed by atoms with Gasteiger partial charge in [0.15, 0.2) is 0 Å². The standard InChI is InChI=1S/C18H24ClN3O4/c19-15-11-13(8-9-14(15)17(24)25)21-16(23)7-4-10-20-18(26)22-12-5-2-1-3-6-12/h8-9,11-12H,1-7,10H2,(H,21,23)(H,24,25)(H2,20,22,26). The third-order valence-corrected chi connectivity index (χ3v) is 4.60. The quantitative estimate of drug-likeness (QED) is 0.543. The van der Waals surface area contributed by atoms with E-state index < -0.39 is 5.97 Å². The van der Waals surface area contributed by atoms with Crippen LogP contribution >= 0.6 is 11.6 Å². The molecule has 1 aromatic rings. The highest BCUT2D eigenvalue weighted by Gasteiger charge is 2.15. The number of benzene rings is 1. The fourth-order valence-corrected chi connectivity index (χ4v) is 3.19. The van der Waals surface area contributed by atoms with Crippen molar-refractivity contribution in [2.45, 2.75) is 51.0 Å². The third-order valence-electron chi connectivity index (χ3n) is 4.29. The number of carbonyl (C=O) groups excluding carboxylic acids is 2. The molecule has 1 aliphatic rings. The molecule has 0 aliphatic heterocycles. The van der Waals surface area contributed by atoms with Crippen molar-refractivity contribution in [1.82, 2.24) is 10.6 Å². The zero-order valence-electron chi connectivity index (χ0n) is 14.5. The molecule has 2 rings (SSSR count). The van der Waals surface area contributed by atoms with Gasteiger partial charge in [-0.1, -0.05) is 30.9 Å². The third kappa shape index (κ3) is 6.55. The number of nitrogens with one attached hydrogen (secondary N) is 3. The molecule has 0 unspecified atom stereocenters. The monoisotopic (exact) mass is 381 g/mol. The predicted molar refractivity (Wildman–Crippen MR) is 99.7 cm³/mol. The number of rotatable bonds is 7. The molecule has 0 saturated heterocycles. The highest BCUT2D eigenvalue weighted by Crippen LogP contribution is 2.21. The molecule has 0 heterocycles. The van der Waals surface area contributed by atoms with Gasteiger partial charge in [-0.05, 0) is 37.5 Å². The molecule has 4 N–H and O–H groups in total. The number of hydrogen-bond donors (Lipinski definition) is 4. The van der Waals surface area contributed by atoms with Crippen molar-refractivity contribution in [1.29, 1.82) is 0 Å². The van der Waals surface area contributed by atoms with Crippen molar-refractivity contribution >= 4 is 35.2 Å². The lowest BCUT2D eigenvalue weighted by atomic mass is 9.96. The van der Waals surface area contributed by atoms with E-state index in [1.165, 1.54) is 24.6 Å². The minimum Gasteiger partial charge on any atom is -0.478 e. The first kappa shape index (κ1) is 20.0. The van der Waals surface area contributed by atoms with Gasteiger partial charge in [0.1, 0.15) is 0 Å². The second-order valence-electron chi connectivity index (χ2n) is 6.39. The van der Waals surface area contributed by atoms with Crippen LogP contribution < -0.4 is 16.0 Å². The molecular weight excluding hydrogens is 358 g/mol. The summed E-state index contributed by atoms with van der Waals surface area (Å²) in [6.45, 7) is 0.407. The minimum absolute atomic E-state index is 0.0159. The highest BCUT2D eigenvalue weighted by molar-refractivity contribution is 6.33. The average molecular weight is 382 g/mol. The van der Waals surface area contributed by atoms with Gasteiger partial charge in [-0.15, -0.1) is 0 Å². The lowest BCUT2D eigenvalue weighted by Gasteiger charge is -2.22. The van der Waals surface area contributed by atoms with Crippen LogP contribution in [0.25, 0.3) is 0 Å². The summed E-state index contributed by atoms with van der Waals surface area (Å²) in [5, 5.41) is 17.4. The molecule has 0 atom stereocenters. The molecule has 7 nitrogen and oxygen atoms in total. The number of carboxylic acids is 1. The van der Waals surface area contributed by atoms with Gasteiger partial charge in [0, 0.05) is 24.7 Å². The van der Waals surface area contributed by atoms with Crippen molar-refractivity contribution < 1.29 is 19.5 Å². The molecule has 3 amide bonds. The number of halogens is 1. The highest BCUT2D eigenvalue weighted by atomic mass is 35.5. The molecule has 1 aliphatic carbocycles. The molecular formula is C18H24ClN3O4. The Morgan fingerprint density at radius 2 is 1.88 bits per heavy atom. The summed E-state index contributed by atoms with van der Waals surface area (Å²) in [6.07, 6.45) is 6.34. The smallest absolute Gasteiger partial charge is 0.337 e. The Morgan fingerprint density at radius 1 is 1.15 bits per heavy atom. The lowest BCUT2D eigenvalue weighted by molar-refractivity contribution is -0.116.